The van der Waals surface area contributed by atoms with Gasteiger partial charge in [-0.25, -0.2) is 0 Å². The fraction of sp³-hybridized carbons (Fsp3) is 0.769. The lowest BCUT2D eigenvalue weighted by atomic mass is 10.0. The third-order valence-electron chi connectivity index (χ3n) is 3.41. The molecule has 0 bridgehead atoms. The zero-order valence-electron chi connectivity index (χ0n) is 11.0. The van der Waals surface area contributed by atoms with Crippen molar-refractivity contribution >= 4 is 11.8 Å². The van der Waals surface area contributed by atoms with Crippen molar-refractivity contribution in [3.05, 3.63) is 18.0 Å². The molecule has 0 radical (unpaired) electrons. The van der Waals surface area contributed by atoms with Crippen molar-refractivity contribution < 1.29 is 0 Å². The van der Waals surface area contributed by atoms with Crippen LogP contribution in [-0.2, 0) is 0 Å². The van der Waals surface area contributed by atoms with E-state index in [0.717, 1.165) is 0 Å². The Bertz CT molecular complexity index is 342. The molecule has 0 spiro atoms. The van der Waals surface area contributed by atoms with Crippen molar-refractivity contribution in [1.82, 2.24) is 15.1 Å². The number of nitrogens with one attached hydrogen (secondary N) is 1. The molecule has 0 amide bonds. The van der Waals surface area contributed by atoms with E-state index >= 15 is 0 Å². The highest BCUT2D eigenvalue weighted by atomic mass is 32.2. The molecule has 0 aromatic carbocycles. The third-order valence-corrected chi connectivity index (χ3v) is 4.87. The highest BCUT2D eigenvalue weighted by molar-refractivity contribution is 8.00. The molecule has 3 nitrogen and oxygen atoms in total. The first-order chi connectivity index (χ1) is 8.24. The molecule has 2 rings (SSSR count). The molecule has 0 aliphatic carbocycles. The third kappa shape index (κ3) is 2.86. The first-order valence-corrected chi connectivity index (χ1v) is 7.61. The highest BCUT2D eigenvalue weighted by Crippen LogP contribution is 2.35. The standard InChI is InChI=1S/C13H23N3S/c1-10(2)16-11(7-8-15-16)13(14-3)12-6-4-5-9-17-12/h7-8,10,12-14H,4-6,9H2,1-3H3. The molecule has 1 saturated heterocycles. The van der Waals surface area contributed by atoms with Gasteiger partial charge < -0.3 is 5.32 Å². The Kier molecular flexibility index (Phi) is 4.51. The Labute approximate surface area is 108 Å². The molecule has 1 aromatic rings. The molecule has 1 N–H and O–H groups in total. The Morgan fingerprint density at radius 3 is 2.88 bits per heavy atom. The van der Waals surface area contributed by atoms with Crippen molar-refractivity contribution in [3.63, 3.8) is 0 Å². The Hall–Kier alpha value is -0.480. The van der Waals surface area contributed by atoms with Crippen LogP contribution in [0.15, 0.2) is 12.3 Å². The fourth-order valence-corrected chi connectivity index (χ4v) is 4.03. The van der Waals surface area contributed by atoms with Crippen LogP contribution < -0.4 is 5.32 Å². The lowest BCUT2D eigenvalue weighted by Crippen LogP contribution is -2.31. The van der Waals surface area contributed by atoms with Gasteiger partial charge >= 0.3 is 0 Å². The van der Waals surface area contributed by atoms with E-state index in [1.165, 1.54) is 30.7 Å². The second-order valence-corrected chi connectivity index (χ2v) is 6.31. The van der Waals surface area contributed by atoms with Crippen LogP contribution in [0, 0.1) is 0 Å². The summed E-state index contributed by atoms with van der Waals surface area (Å²) in [5.74, 6) is 1.30. The molecule has 4 heteroatoms. The topological polar surface area (TPSA) is 29.9 Å². The minimum atomic E-state index is 0.435. The van der Waals surface area contributed by atoms with Gasteiger partial charge in [0.05, 0.1) is 11.7 Å². The van der Waals surface area contributed by atoms with E-state index in [4.69, 9.17) is 0 Å². The number of hydrogen-bond acceptors (Lipinski definition) is 3. The summed E-state index contributed by atoms with van der Waals surface area (Å²) in [5, 5.41) is 8.63. The molecule has 2 unspecified atom stereocenters. The molecule has 1 aliphatic heterocycles. The number of rotatable bonds is 4. The molecule has 1 fully saturated rings. The van der Waals surface area contributed by atoms with Crippen LogP contribution in [0.25, 0.3) is 0 Å². The van der Waals surface area contributed by atoms with Crippen LogP contribution in [0.1, 0.15) is 50.9 Å². The second kappa shape index (κ2) is 5.91. The first-order valence-electron chi connectivity index (χ1n) is 6.56. The average molecular weight is 253 g/mol. The van der Waals surface area contributed by atoms with Crippen molar-refractivity contribution in [2.75, 3.05) is 12.8 Å². The molecular formula is C13H23N3S. The van der Waals surface area contributed by atoms with E-state index < -0.39 is 0 Å². The fourth-order valence-electron chi connectivity index (χ4n) is 2.55. The molecule has 0 saturated carbocycles. The van der Waals surface area contributed by atoms with Crippen molar-refractivity contribution in [1.29, 1.82) is 0 Å². The minimum absolute atomic E-state index is 0.435. The van der Waals surface area contributed by atoms with Crippen molar-refractivity contribution in [2.24, 2.45) is 0 Å². The van der Waals surface area contributed by atoms with E-state index in [2.05, 4.69) is 53.8 Å². The summed E-state index contributed by atoms with van der Waals surface area (Å²) in [6.45, 7) is 4.38. The zero-order chi connectivity index (χ0) is 12.3. The first kappa shape index (κ1) is 13.0. The lowest BCUT2D eigenvalue weighted by Gasteiger charge is -2.30. The van der Waals surface area contributed by atoms with Crippen LogP contribution >= 0.6 is 11.8 Å². The maximum Gasteiger partial charge on any atom is 0.0610 e. The van der Waals surface area contributed by atoms with Crippen molar-refractivity contribution in [2.45, 2.75) is 50.4 Å². The van der Waals surface area contributed by atoms with Crippen LogP contribution in [0.3, 0.4) is 0 Å². The van der Waals surface area contributed by atoms with Gasteiger partial charge in [0.2, 0.25) is 0 Å². The summed E-state index contributed by atoms with van der Waals surface area (Å²) >= 11 is 2.11. The molecular weight excluding hydrogens is 230 g/mol. The molecule has 2 heterocycles. The van der Waals surface area contributed by atoms with E-state index in [9.17, 15) is 0 Å². The molecule has 1 aliphatic rings. The maximum absolute atomic E-state index is 4.45. The smallest absolute Gasteiger partial charge is 0.0610 e. The van der Waals surface area contributed by atoms with Gasteiger partial charge in [0, 0.05) is 17.5 Å². The largest absolute Gasteiger partial charge is 0.311 e. The minimum Gasteiger partial charge on any atom is -0.311 e. The monoisotopic (exact) mass is 253 g/mol. The average Bonchev–Trinajstić information content (AvgIpc) is 2.81. The van der Waals surface area contributed by atoms with Gasteiger partial charge in [-0.05, 0) is 45.6 Å². The number of aromatic nitrogens is 2. The number of nitrogens with zero attached hydrogens (tertiary/aromatic N) is 2. The predicted molar refractivity (Wildman–Crippen MR) is 74.5 cm³/mol. The van der Waals surface area contributed by atoms with E-state index in [0.29, 0.717) is 17.3 Å². The van der Waals surface area contributed by atoms with Gasteiger partial charge in [-0.15, -0.1) is 0 Å². The second-order valence-electron chi connectivity index (χ2n) is 4.97. The number of thioether (sulfide) groups is 1. The quantitative estimate of drug-likeness (QED) is 0.894. The van der Waals surface area contributed by atoms with Gasteiger partial charge in [0.15, 0.2) is 0 Å². The van der Waals surface area contributed by atoms with Gasteiger partial charge in [0.25, 0.3) is 0 Å². The van der Waals surface area contributed by atoms with E-state index in [1.54, 1.807) is 0 Å². The molecule has 17 heavy (non-hydrogen) atoms. The predicted octanol–water partition coefficient (Wildman–Crippen LogP) is 3.01. The summed E-state index contributed by atoms with van der Waals surface area (Å²) in [7, 11) is 2.07. The summed E-state index contributed by atoms with van der Waals surface area (Å²) in [4.78, 5) is 0. The van der Waals surface area contributed by atoms with Gasteiger partial charge in [-0.3, -0.25) is 4.68 Å². The van der Waals surface area contributed by atoms with Crippen LogP contribution in [0.2, 0.25) is 0 Å². The van der Waals surface area contributed by atoms with Crippen LogP contribution in [0.4, 0.5) is 0 Å². The summed E-state index contributed by atoms with van der Waals surface area (Å²) < 4.78 is 2.15. The van der Waals surface area contributed by atoms with Gasteiger partial charge in [-0.2, -0.15) is 16.9 Å². The Balaban J connectivity index is 2.18. The van der Waals surface area contributed by atoms with Crippen LogP contribution in [0.5, 0.6) is 0 Å². The normalized spacial score (nSPS) is 22.9. The van der Waals surface area contributed by atoms with E-state index in [-0.39, 0.29) is 0 Å². The summed E-state index contributed by atoms with van der Waals surface area (Å²) in [5.41, 5.74) is 1.34. The summed E-state index contributed by atoms with van der Waals surface area (Å²) in [6.07, 6.45) is 5.99. The van der Waals surface area contributed by atoms with E-state index in [1.807, 2.05) is 6.20 Å². The highest BCUT2D eigenvalue weighted by Gasteiger charge is 2.27. The molecule has 2 atom stereocenters. The maximum atomic E-state index is 4.45. The lowest BCUT2D eigenvalue weighted by molar-refractivity contribution is 0.439. The summed E-state index contributed by atoms with van der Waals surface area (Å²) in [6, 6.07) is 3.03. The zero-order valence-corrected chi connectivity index (χ0v) is 11.8. The molecule has 96 valence electrons. The SMILES string of the molecule is CNC(c1ccnn1C(C)C)C1CCCCS1. The van der Waals surface area contributed by atoms with Gasteiger partial charge in [-0.1, -0.05) is 6.42 Å². The Morgan fingerprint density at radius 2 is 2.29 bits per heavy atom. The Morgan fingerprint density at radius 1 is 1.47 bits per heavy atom. The van der Waals surface area contributed by atoms with Crippen molar-refractivity contribution in [3.8, 4) is 0 Å². The molecule has 1 aromatic heterocycles. The van der Waals surface area contributed by atoms with Crippen LogP contribution in [-0.4, -0.2) is 27.8 Å². The number of hydrogen-bond donors (Lipinski definition) is 1. The van der Waals surface area contributed by atoms with Gasteiger partial charge in [0.1, 0.15) is 0 Å².